The molecule has 3 atom stereocenters. The van der Waals surface area contributed by atoms with Crippen molar-refractivity contribution in [2.75, 3.05) is 24.6 Å². The molecule has 41 heavy (non-hydrogen) atoms. The van der Waals surface area contributed by atoms with Gasteiger partial charge in [-0.1, -0.05) is 24.2 Å². The fourth-order valence-electron chi connectivity index (χ4n) is 5.89. The quantitative estimate of drug-likeness (QED) is 0.357. The second-order valence-electron chi connectivity index (χ2n) is 10.5. The number of aromatic hydroxyl groups is 1. The lowest BCUT2D eigenvalue weighted by molar-refractivity contribution is -0.128. The molecule has 12 heteroatoms. The highest BCUT2D eigenvalue weighted by Gasteiger charge is 2.36. The first-order valence-electron chi connectivity index (χ1n) is 13.2. The number of piperazine rings is 1. The van der Waals surface area contributed by atoms with Crippen LogP contribution in [0.5, 0.6) is 11.5 Å². The second kappa shape index (κ2) is 10.2. The maximum Gasteiger partial charge on any atom is 0.350 e. The smallest absolute Gasteiger partial charge is 0.350 e. The van der Waals surface area contributed by atoms with Crippen LogP contribution in [-0.4, -0.2) is 66.8 Å². The Morgan fingerprint density at radius 1 is 1.27 bits per heavy atom. The summed E-state index contributed by atoms with van der Waals surface area (Å²) in [4.78, 5) is 38.6. The van der Waals surface area contributed by atoms with Crippen LogP contribution in [0.25, 0.3) is 22.0 Å². The monoisotopic (exact) mass is 578 g/mol. The summed E-state index contributed by atoms with van der Waals surface area (Å²) < 4.78 is 24.8. The molecule has 0 bridgehead atoms. The van der Waals surface area contributed by atoms with Gasteiger partial charge in [0.25, 0.3) is 0 Å². The number of aromatic nitrogens is 4. The van der Waals surface area contributed by atoms with E-state index in [0.717, 1.165) is 0 Å². The Hall–Kier alpha value is -4.38. The number of benzene rings is 2. The molecule has 1 N–H and O–H groups in total. The zero-order valence-corrected chi connectivity index (χ0v) is 23.3. The lowest BCUT2D eigenvalue weighted by Crippen LogP contribution is -2.58. The van der Waals surface area contributed by atoms with Crippen molar-refractivity contribution >= 4 is 34.2 Å². The van der Waals surface area contributed by atoms with E-state index in [9.17, 15) is 14.7 Å². The largest absolute Gasteiger partial charge is 0.507 e. The summed E-state index contributed by atoms with van der Waals surface area (Å²) in [7, 11) is 0. The summed E-state index contributed by atoms with van der Waals surface area (Å²) in [5, 5.41) is 11.3. The predicted octanol–water partition coefficient (Wildman–Crippen LogP) is 4.00. The Labute approximate surface area is 239 Å². The Morgan fingerprint density at radius 2 is 2.07 bits per heavy atom. The summed E-state index contributed by atoms with van der Waals surface area (Å²) in [5.74, 6) is -0.565. The fourth-order valence-corrected chi connectivity index (χ4v) is 6.18. The highest BCUT2D eigenvalue weighted by atomic mass is 35.5. The van der Waals surface area contributed by atoms with Crippen LogP contribution in [0.4, 0.5) is 10.2 Å². The van der Waals surface area contributed by atoms with Gasteiger partial charge in [0.1, 0.15) is 24.0 Å². The summed E-state index contributed by atoms with van der Waals surface area (Å²) in [6.45, 7) is 8.77. The third-order valence-electron chi connectivity index (χ3n) is 7.82. The van der Waals surface area contributed by atoms with Crippen LogP contribution in [-0.2, 0) is 11.3 Å². The molecular formula is C29H28ClFN6O4. The van der Waals surface area contributed by atoms with Crippen LogP contribution in [0.1, 0.15) is 19.9 Å². The zero-order valence-electron chi connectivity index (χ0n) is 22.5. The Kier molecular flexibility index (Phi) is 6.69. The van der Waals surface area contributed by atoms with Gasteiger partial charge in [0.05, 0.1) is 34.0 Å². The molecule has 0 radical (unpaired) electrons. The van der Waals surface area contributed by atoms with E-state index in [1.54, 1.807) is 34.3 Å². The van der Waals surface area contributed by atoms with Gasteiger partial charge in [0.15, 0.2) is 5.75 Å². The molecule has 0 unspecified atom stereocenters. The molecule has 4 aromatic rings. The number of carbonyl (C=O) groups is 1. The average Bonchev–Trinajstić information content (AvgIpc) is 3.46. The summed E-state index contributed by atoms with van der Waals surface area (Å²) in [5.41, 5.74) is -0.0529. The number of ether oxygens (including phenoxy) is 1. The number of amides is 1. The number of carbonyl (C=O) groups excluding carboxylic acids is 1. The van der Waals surface area contributed by atoms with E-state index >= 15 is 4.39 Å². The van der Waals surface area contributed by atoms with Gasteiger partial charge in [-0.15, -0.1) is 0 Å². The van der Waals surface area contributed by atoms with Crippen molar-refractivity contribution in [1.82, 2.24) is 24.0 Å². The molecular weight excluding hydrogens is 551 g/mol. The molecule has 1 saturated heterocycles. The number of halogens is 2. The van der Waals surface area contributed by atoms with Gasteiger partial charge >= 0.3 is 5.69 Å². The van der Waals surface area contributed by atoms with Crippen LogP contribution in [0.2, 0.25) is 5.02 Å². The maximum absolute atomic E-state index is 15.1. The number of phenolic OH excluding ortho intramolecular Hbond substituents is 1. The van der Waals surface area contributed by atoms with Gasteiger partial charge in [0.2, 0.25) is 5.91 Å². The van der Waals surface area contributed by atoms with Gasteiger partial charge < -0.3 is 24.2 Å². The average molecular weight is 579 g/mol. The van der Waals surface area contributed by atoms with Crippen molar-refractivity contribution in [2.24, 2.45) is 0 Å². The molecule has 1 fully saturated rings. The molecule has 2 aromatic heterocycles. The zero-order chi connectivity index (χ0) is 29.0. The highest BCUT2D eigenvalue weighted by molar-refractivity contribution is 6.35. The molecule has 2 aliphatic rings. The predicted molar refractivity (Wildman–Crippen MR) is 153 cm³/mol. The Morgan fingerprint density at radius 3 is 2.78 bits per heavy atom. The molecule has 10 nitrogen and oxygen atoms in total. The first-order valence-corrected chi connectivity index (χ1v) is 13.6. The van der Waals surface area contributed by atoms with E-state index in [2.05, 4.69) is 16.5 Å². The summed E-state index contributed by atoms with van der Waals surface area (Å²) in [6, 6.07) is 4.81. The van der Waals surface area contributed by atoms with Crippen molar-refractivity contribution < 1.29 is 19.0 Å². The first kappa shape index (κ1) is 26.8. The van der Waals surface area contributed by atoms with Crippen LogP contribution in [0, 0.1) is 5.82 Å². The molecule has 2 aromatic carbocycles. The number of phenols is 1. The summed E-state index contributed by atoms with van der Waals surface area (Å²) in [6.07, 6.45) is 6.38. The summed E-state index contributed by atoms with van der Waals surface area (Å²) >= 11 is 6.83. The van der Waals surface area contributed by atoms with E-state index < -0.39 is 17.5 Å². The number of anilines is 1. The SMILES string of the molecule is C=CC(=O)N1C[C@H](C)N(c2nc(=O)n3c4c(c(-c5c(O)cccc5F)c(Cl)cc24)OC[C@@H]3Cn2ccnc2)C[C@H]1C. The standard InChI is InChI=1S/C29H28ClFN6O4/c1-4-23(39)35-11-17(3)36(12-16(35)2)28-19-10-20(30)24(25-21(31)6-5-7-22(25)38)27-26(19)37(29(40)33-28)18(14-41-27)13-34-9-8-32-15-34/h4-10,15-18,38H,1,11-14H2,2-3H3/t16-,17+,18+/m1/s1. The van der Waals surface area contributed by atoms with Gasteiger partial charge in [-0.3, -0.25) is 9.36 Å². The normalized spacial score (nSPS) is 20.2. The minimum atomic E-state index is -0.680. The number of hydrogen-bond donors (Lipinski definition) is 1. The lowest BCUT2D eigenvalue weighted by atomic mass is 9.98. The first-order chi connectivity index (χ1) is 19.7. The molecule has 2 aliphatic heterocycles. The van der Waals surface area contributed by atoms with Crippen molar-refractivity contribution in [2.45, 2.75) is 38.5 Å². The van der Waals surface area contributed by atoms with Gasteiger partial charge in [-0.05, 0) is 38.1 Å². The topological polar surface area (TPSA) is 106 Å². The van der Waals surface area contributed by atoms with Crippen molar-refractivity contribution in [3.05, 3.63) is 77.0 Å². The molecule has 0 aliphatic carbocycles. The van der Waals surface area contributed by atoms with Crippen molar-refractivity contribution in [3.8, 4) is 22.6 Å². The van der Waals surface area contributed by atoms with Crippen LogP contribution < -0.4 is 15.3 Å². The van der Waals surface area contributed by atoms with E-state index in [0.29, 0.717) is 36.4 Å². The lowest BCUT2D eigenvalue weighted by Gasteiger charge is -2.45. The Balaban J connectivity index is 1.59. The van der Waals surface area contributed by atoms with Crippen molar-refractivity contribution in [3.63, 3.8) is 0 Å². The number of hydrogen-bond acceptors (Lipinski definition) is 7. The molecule has 4 heterocycles. The minimum Gasteiger partial charge on any atom is -0.507 e. The fraction of sp³-hybridized carbons (Fsp3) is 0.310. The molecule has 0 spiro atoms. The van der Waals surface area contributed by atoms with Crippen molar-refractivity contribution in [1.29, 1.82) is 0 Å². The minimum absolute atomic E-state index is 0.0829. The molecule has 1 amide bonds. The van der Waals surface area contributed by atoms with E-state index in [1.807, 2.05) is 23.3 Å². The third kappa shape index (κ3) is 4.40. The van der Waals surface area contributed by atoms with Gasteiger partial charge in [-0.2, -0.15) is 4.98 Å². The molecule has 6 rings (SSSR count). The maximum atomic E-state index is 15.1. The van der Waals surface area contributed by atoms with Crippen LogP contribution >= 0.6 is 11.6 Å². The van der Waals surface area contributed by atoms with Gasteiger partial charge in [0, 0.05) is 49.5 Å². The number of nitrogens with zero attached hydrogens (tertiary/aromatic N) is 6. The number of imidazole rings is 1. The Bertz CT molecular complexity index is 1720. The van der Waals surface area contributed by atoms with Crippen LogP contribution in [0.15, 0.2) is 60.4 Å². The van der Waals surface area contributed by atoms with Gasteiger partial charge in [-0.25, -0.2) is 14.2 Å². The molecule has 212 valence electrons. The molecule has 0 saturated carbocycles. The van der Waals surface area contributed by atoms with E-state index in [1.165, 1.54) is 24.3 Å². The number of rotatable bonds is 5. The second-order valence-corrected chi connectivity index (χ2v) is 10.9. The van der Waals surface area contributed by atoms with E-state index in [-0.39, 0.29) is 52.2 Å². The third-order valence-corrected chi connectivity index (χ3v) is 8.12. The van der Waals surface area contributed by atoms with Crippen LogP contribution in [0.3, 0.4) is 0 Å². The van der Waals surface area contributed by atoms with E-state index in [4.69, 9.17) is 16.3 Å². The highest BCUT2D eigenvalue weighted by Crippen LogP contribution is 2.49.